The number of rotatable bonds is 4. The zero-order valence-corrected chi connectivity index (χ0v) is 12.2. The van der Waals surface area contributed by atoms with E-state index in [0.717, 1.165) is 12.6 Å². The fourth-order valence-electron chi connectivity index (χ4n) is 2.46. The lowest BCUT2D eigenvalue weighted by Crippen LogP contribution is -2.25. The summed E-state index contributed by atoms with van der Waals surface area (Å²) in [5.74, 6) is 0. The van der Waals surface area contributed by atoms with Crippen molar-refractivity contribution in [2.75, 3.05) is 0 Å². The van der Waals surface area contributed by atoms with Crippen molar-refractivity contribution in [3.8, 4) is 9.88 Å². The third-order valence-corrected chi connectivity index (χ3v) is 5.73. The number of hydrogen-bond donors (Lipinski definition) is 1. The molecule has 2 nitrogen and oxygen atoms in total. The fourth-order valence-corrected chi connectivity index (χ4v) is 4.27. The average Bonchev–Trinajstić information content (AvgIpc) is 3.09. The third-order valence-electron chi connectivity index (χ3n) is 3.53. The van der Waals surface area contributed by atoms with Crippen molar-refractivity contribution in [3.05, 3.63) is 28.1 Å². The Hall–Kier alpha value is -0.710. The van der Waals surface area contributed by atoms with Crippen LogP contribution in [-0.4, -0.2) is 11.0 Å². The molecular formula is C14H18N2S2. The molecule has 0 aliphatic heterocycles. The average molecular weight is 278 g/mol. The Morgan fingerprint density at radius 1 is 1.39 bits per heavy atom. The molecule has 0 bridgehead atoms. The molecule has 1 fully saturated rings. The first-order valence-corrected chi connectivity index (χ1v) is 8.26. The summed E-state index contributed by atoms with van der Waals surface area (Å²) in [7, 11) is 0. The summed E-state index contributed by atoms with van der Waals surface area (Å²) in [5, 5.41) is 6.96. The van der Waals surface area contributed by atoms with Crippen LogP contribution in [0.5, 0.6) is 0 Å². The molecule has 1 saturated carbocycles. The minimum absolute atomic E-state index is 0.733. The normalized spacial score (nSPS) is 16.5. The highest BCUT2D eigenvalue weighted by atomic mass is 32.1. The molecule has 1 aliphatic rings. The van der Waals surface area contributed by atoms with Crippen LogP contribution in [0.2, 0.25) is 0 Å². The summed E-state index contributed by atoms with van der Waals surface area (Å²) in [6, 6.07) is 4.97. The summed E-state index contributed by atoms with van der Waals surface area (Å²) in [6.45, 7) is 3.11. The van der Waals surface area contributed by atoms with Crippen LogP contribution >= 0.6 is 22.7 Å². The van der Waals surface area contributed by atoms with E-state index in [1.807, 2.05) is 11.3 Å². The molecule has 0 aromatic carbocycles. The SMILES string of the molecule is Cc1nc(-c2cccs2)sc1CNC1CCCC1. The summed E-state index contributed by atoms with van der Waals surface area (Å²) >= 11 is 3.61. The lowest BCUT2D eigenvalue weighted by atomic mass is 10.2. The van der Waals surface area contributed by atoms with Crippen LogP contribution < -0.4 is 5.32 Å². The molecule has 2 aromatic heterocycles. The van der Waals surface area contributed by atoms with Crippen LogP contribution in [-0.2, 0) is 6.54 Å². The molecule has 0 spiro atoms. The van der Waals surface area contributed by atoms with E-state index in [9.17, 15) is 0 Å². The van der Waals surface area contributed by atoms with Gasteiger partial charge in [-0.15, -0.1) is 22.7 Å². The second-order valence-electron chi connectivity index (χ2n) is 4.87. The number of thiazole rings is 1. The van der Waals surface area contributed by atoms with Gasteiger partial charge in [-0.2, -0.15) is 0 Å². The molecule has 0 unspecified atom stereocenters. The van der Waals surface area contributed by atoms with Gasteiger partial charge in [0.1, 0.15) is 5.01 Å². The predicted octanol–water partition coefficient (Wildman–Crippen LogP) is 4.21. The molecule has 3 rings (SSSR count). The Balaban J connectivity index is 1.68. The largest absolute Gasteiger partial charge is 0.309 e. The zero-order valence-electron chi connectivity index (χ0n) is 10.6. The fraction of sp³-hybridized carbons (Fsp3) is 0.500. The van der Waals surface area contributed by atoms with Crippen LogP contribution in [0.3, 0.4) is 0 Å². The van der Waals surface area contributed by atoms with E-state index >= 15 is 0 Å². The summed E-state index contributed by atoms with van der Waals surface area (Å²) in [4.78, 5) is 7.37. The number of nitrogens with zero attached hydrogens (tertiary/aromatic N) is 1. The van der Waals surface area contributed by atoms with E-state index in [1.54, 1.807) is 11.3 Å². The molecular weight excluding hydrogens is 260 g/mol. The molecule has 0 atom stereocenters. The van der Waals surface area contributed by atoms with Gasteiger partial charge < -0.3 is 5.32 Å². The molecule has 0 radical (unpaired) electrons. The Morgan fingerprint density at radius 2 is 2.22 bits per heavy atom. The highest BCUT2D eigenvalue weighted by Gasteiger charge is 2.16. The van der Waals surface area contributed by atoms with Crippen molar-refractivity contribution < 1.29 is 0 Å². The topological polar surface area (TPSA) is 24.9 Å². The van der Waals surface area contributed by atoms with Crippen molar-refractivity contribution in [1.82, 2.24) is 10.3 Å². The van der Waals surface area contributed by atoms with Crippen molar-refractivity contribution >= 4 is 22.7 Å². The molecule has 1 aliphatic carbocycles. The summed E-state index contributed by atoms with van der Waals surface area (Å²) in [6.07, 6.45) is 5.46. The third kappa shape index (κ3) is 2.66. The molecule has 18 heavy (non-hydrogen) atoms. The maximum Gasteiger partial charge on any atom is 0.133 e. The van der Waals surface area contributed by atoms with Crippen LogP contribution in [0.1, 0.15) is 36.3 Å². The van der Waals surface area contributed by atoms with E-state index in [4.69, 9.17) is 0 Å². The Kier molecular flexibility index (Phi) is 3.77. The minimum atomic E-state index is 0.733. The highest BCUT2D eigenvalue weighted by molar-refractivity contribution is 7.21. The first-order chi connectivity index (χ1) is 8.83. The monoisotopic (exact) mass is 278 g/mol. The summed E-state index contributed by atoms with van der Waals surface area (Å²) < 4.78 is 0. The zero-order chi connectivity index (χ0) is 12.4. The van der Waals surface area contributed by atoms with Crippen LogP contribution in [0.4, 0.5) is 0 Å². The van der Waals surface area contributed by atoms with Crippen LogP contribution in [0, 0.1) is 6.92 Å². The van der Waals surface area contributed by atoms with E-state index in [-0.39, 0.29) is 0 Å². The quantitative estimate of drug-likeness (QED) is 0.906. The van der Waals surface area contributed by atoms with Crippen LogP contribution in [0.15, 0.2) is 17.5 Å². The molecule has 2 aromatic rings. The van der Waals surface area contributed by atoms with Gasteiger partial charge in [-0.25, -0.2) is 4.98 Å². The number of aryl methyl sites for hydroxylation is 1. The van der Waals surface area contributed by atoms with Crippen LogP contribution in [0.25, 0.3) is 9.88 Å². The van der Waals surface area contributed by atoms with Gasteiger partial charge in [0.2, 0.25) is 0 Å². The maximum absolute atomic E-state index is 4.69. The number of thiophene rings is 1. The molecule has 0 amide bonds. The van der Waals surface area contributed by atoms with Gasteiger partial charge >= 0.3 is 0 Å². The Bertz CT molecular complexity index is 496. The molecule has 4 heteroatoms. The van der Waals surface area contributed by atoms with Gasteiger partial charge in [0.25, 0.3) is 0 Å². The van der Waals surface area contributed by atoms with Gasteiger partial charge in [-0.05, 0) is 31.2 Å². The Morgan fingerprint density at radius 3 is 2.94 bits per heavy atom. The number of nitrogens with one attached hydrogen (secondary N) is 1. The lowest BCUT2D eigenvalue weighted by molar-refractivity contribution is 0.526. The molecule has 1 N–H and O–H groups in total. The van der Waals surface area contributed by atoms with Gasteiger partial charge in [0.05, 0.1) is 10.6 Å². The molecule has 2 heterocycles. The van der Waals surface area contributed by atoms with Gasteiger partial charge in [0, 0.05) is 17.5 Å². The van der Waals surface area contributed by atoms with Crippen molar-refractivity contribution in [3.63, 3.8) is 0 Å². The first-order valence-electron chi connectivity index (χ1n) is 6.56. The Labute approximate surface area is 116 Å². The second-order valence-corrected chi connectivity index (χ2v) is 6.90. The van der Waals surface area contributed by atoms with Gasteiger partial charge in [-0.3, -0.25) is 0 Å². The van der Waals surface area contributed by atoms with E-state index in [1.165, 1.54) is 46.1 Å². The second kappa shape index (κ2) is 5.51. The molecule has 96 valence electrons. The first kappa shape index (κ1) is 12.3. The van der Waals surface area contributed by atoms with Crippen molar-refractivity contribution in [2.24, 2.45) is 0 Å². The van der Waals surface area contributed by atoms with Crippen molar-refractivity contribution in [2.45, 2.75) is 45.2 Å². The lowest BCUT2D eigenvalue weighted by Gasteiger charge is -2.10. The van der Waals surface area contributed by atoms with Gasteiger partial charge in [0.15, 0.2) is 0 Å². The standard InChI is InChI=1S/C14H18N2S2/c1-10-13(9-15-11-5-2-3-6-11)18-14(16-10)12-7-4-8-17-12/h4,7-8,11,15H,2-3,5-6,9H2,1H3. The summed E-state index contributed by atoms with van der Waals surface area (Å²) in [5.41, 5.74) is 1.19. The van der Waals surface area contributed by atoms with Crippen molar-refractivity contribution in [1.29, 1.82) is 0 Å². The maximum atomic E-state index is 4.69. The smallest absolute Gasteiger partial charge is 0.133 e. The number of aromatic nitrogens is 1. The predicted molar refractivity (Wildman–Crippen MR) is 79.3 cm³/mol. The number of hydrogen-bond acceptors (Lipinski definition) is 4. The molecule has 0 saturated heterocycles. The highest BCUT2D eigenvalue weighted by Crippen LogP contribution is 2.31. The van der Waals surface area contributed by atoms with E-state index in [2.05, 4.69) is 34.7 Å². The van der Waals surface area contributed by atoms with E-state index < -0.39 is 0 Å². The minimum Gasteiger partial charge on any atom is -0.309 e. The van der Waals surface area contributed by atoms with Gasteiger partial charge in [-0.1, -0.05) is 18.9 Å². The van der Waals surface area contributed by atoms with E-state index in [0.29, 0.717) is 0 Å².